The summed E-state index contributed by atoms with van der Waals surface area (Å²) in [6.45, 7) is 3.24. The number of hydrogen-bond acceptors (Lipinski definition) is 4. The van der Waals surface area contributed by atoms with E-state index in [1.807, 2.05) is 37.3 Å². The molecule has 0 spiro atoms. The second-order valence-corrected chi connectivity index (χ2v) is 4.89. The maximum Gasteiger partial charge on any atom is 0.213 e. The predicted octanol–water partition coefficient (Wildman–Crippen LogP) is 2.98. The molecule has 116 valence electrons. The van der Waals surface area contributed by atoms with Gasteiger partial charge >= 0.3 is 0 Å². The maximum absolute atomic E-state index is 5.47. The minimum absolute atomic E-state index is 0.536. The van der Waals surface area contributed by atoms with Crippen LogP contribution in [0.4, 0.5) is 5.69 Å². The number of anilines is 1. The van der Waals surface area contributed by atoms with Crippen LogP contribution in [-0.4, -0.2) is 23.8 Å². The van der Waals surface area contributed by atoms with Crippen LogP contribution < -0.4 is 20.1 Å². The first-order chi connectivity index (χ1) is 10.7. The molecule has 0 bridgehead atoms. The summed E-state index contributed by atoms with van der Waals surface area (Å²) in [6.07, 6.45) is 1.67. The van der Waals surface area contributed by atoms with E-state index in [-0.39, 0.29) is 0 Å². The molecular weight excluding hydrogens is 298 g/mol. The monoisotopic (exact) mass is 317 g/mol. The van der Waals surface area contributed by atoms with Crippen molar-refractivity contribution in [3.8, 4) is 11.6 Å². The van der Waals surface area contributed by atoms with Crippen LogP contribution in [0.1, 0.15) is 12.5 Å². The van der Waals surface area contributed by atoms with Gasteiger partial charge in [-0.3, -0.25) is 0 Å². The SMILES string of the molecule is CCOc1cccc(CNC(=S)Nc2ccc(OC)nc2)c1. The zero-order valence-corrected chi connectivity index (χ0v) is 13.4. The van der Waals surface area contributed by atoms with Gasteiger partial charge in [0.05, 0.1) is 25.6 Å². The summed E-state index contributed by atoms with van der Waals surface area (Å²) < 4.78 is 10.5. The lowest BCUT2D eigenvalue weighted by molar-refractivity contribution is 0.340. The van der Waals surface area contributed by atoms with Crippen molar-refractivity contribution < 1.29 is 9.47 Å². The highest BCUT2D eigenvalue weighted by Gasteiger charge is 2.01. The molecule has 1 heterocycles. The Morgan fingerprint density at radius 3 is 2.82 bits per heavy atom. The number of rotatable bonds is 6. The van der Waals surface area contributed by atoms with Crippen LogP contribution in [0.5, 0.6) is 11.6 Å². The first-order valence-corrected chi connectivity index (χ1v) is 7.38. The van der Waals surface area contributed by atoms with Gasteiger partial charge in [-0.25, -0.2) is 4.98 Å². The van der Waals surface area contributed by atoms with Gasteiger partial charge in [0.2, 0.25) is 5.88 Å². The van der Waals surface area contributed by atoms with Crippen LogP contribution in [0, 0.1) is 0 Å². The summed E-state index contributed by atoms with van der Waals surface area (Å²) in [5, 5.41) is 6.76. The van der Waals surface area contributed by atoms with Crippen molar-refractivity contribution in [2.75, 3.05) is 19.0 Å². The fourth-order valence-corrected chi connectivity index (χ4v) is 2.03. The normalized spacial score (nSPS) is 9.91. The Kier molecular flexibility index (Phi) is 5.97. The van der Waals surface area contributed by atoms with Gasteiger partial charge in [0.25, 0.3) is 0 Å². The van der Waals surface area contributed by atoms with Crippen molar-refractivity contribution in [1.82, 2.24) is 10.3 Å². The average molecular weight is 317 g/mol. The Labute approximate surface area is 135 Å². The molecule has 0 atom stereocenters. The third kappa shape index (κ3) is 4.89. The zero-order chi connectivity index (χ0) is 15.8. The van der Waals surface area contributed by atoms with E-state index in [0.29, 0.717) is 24.1 Å². The fraction of sp³-hybridized carbons (Fsp3) is 0.250. The van der Waals surface area contributed by atoms with Crippen LogP contribution in [0.25, 0.3) is 0 Å². The van der Waals surface area contributed by atoms with Crippen molar-refractivity contribution in [3.05, 3.63) is 48.2 Å². The minimum atomic E-state index is 0.536. The van der Waals surface area contributed by atoms with Crippen molar-refractivity contribution >= 4 is 23.0 Å². The molecule has 22 heavy (non-hydrogen) atoms. The van der Waals surface area contributed by atoms with Gasteiger partial charge in [0, 0.05) is 12.6 Å². The standard InChI is InChI=1S/C16H19N3O2S/c1-3-21-14-6-4-5-12(9-14)10-18-16(22)19-13-7-8-15(20-2)17-11-13/h4-9,11H,3,10H2,1-2H3,(H2,18,19,22). The van der Waals surface area contributed by atoms with Crippen LogP contribution in [-0.2, 0) is 6.54 Å². The van der Waals surface area contributed by atoms with Crippen LogP contribution in [0.3, 0.4) is 0 Å². The Morgan fingerprint density at radius 1 is 1.27 bits per heavy atom. The summed E-state index contributed by atoms with van der Waals surface area (Å²) in [7, 11) is 1.58. The summed E-state index contributed by atoms with van der Waals surface area (Å²) in [6, 6.07) is 11.5. The Bertz CT molecular complexity index is 617. The molecule has 2 N–H and O–H groups in total. The quantitative estimate of drug-likeness (QED) is 0.799. The smallest absolute Gasteiger partial charge is 0.213 e. The molecule has 0 saturated heterocycles. The minimum Gasteiger partial charge on any atom is -0.494 e. The molecule has 1 aromatic heterocycles. The third-order valence-corrected chi connectivity index (χ3v) is 3.11. The van der Waals surface area contributed by atoms with E-state index >= 15 is 0 Å². The number of benzene rings is 1. The summed E-state index contributed by atoms with van der Waals surface area (Å²) in [5.41, 5.74) is 1.91. The van der Waals surface area contributed by atoms with Crippen molar-refractivity contribution in [3.63, 3.8) is 0 Å². The van der Waals surface area contributed by atoms with Crippen molar-refractivity contribution in [2.45, 2.75) is 13.5 Å². The molecule has 0 amide bonds. The second kappa shape index (κ2) is 8.19. The van der Waals surface area contributed by atoms with E-state index in [2.05, 4.69) is 15.6 Å². The van der Waals surface area contributed by atoms with Crippen LogP contribution >= 0.6 is 12.2 Å². The lowest BCUT2D eigenvalue weighted by atomic mass is 10.2. The lowest BCUT2D eigenvalue weighted by Gasteiger charge is -2.11. The molecule has 0 aliphatic rings. The number of pyridine rings is 1. The van der Waals surface area contributed by atoms with Crippen molar-refractivity contribution in [2.24, 2.45) is 0 Å². The first-order valence-electron chi connectivity index (χ1n) is 6.98. The lowest BCUT2D eigenvalue weighted by Crippen LogP contribution is -2.27. The Balaban J connectivity index is 1.85. The molecule has 0 aliphatic heterocycles. The molecule has 5 nitrogen and oxygen atoms in total. The van der Waals surface area contributed by atoms with E-state index in [0.717, 1.165) is 17.0 Å². The average Bonchev–Trinajstić information content (AvgIpc) is 2.54. The number of methoxy groups -OCH3 is 1. The summed E-state index contributed by atoms with van der Waals surface area (Å²) in [4.78, 5) is 4.11. The summed E-state index contributed by atoms with van der Waals surface area (Å²) in [5.74, 6) is 1.43. The Morgan fingerprint density at radius 2 is 2.14 bits per heavy atom. The topological polar surface area (TPSA) is 55.4 Å². The van der Waals surface area contributed by atoms with E-state index in [9.17, 15) is 0 Å². The third-order valence-electron chi connectivity index (χ3n) is 2.87. The number of nitrogens with one attached hydrogen (secondary N) is 2. The molecule has 0 aliphatic carbocycles. The molecule has 6 heteroatoms. The van der Waals surface area contributed by atoms with Gasteiger partial charge in [0.1, 0.15) is 5.75 Å². The van der Waals surface area contributed by atoms with Gasteiger partial charge in [-0.15, -0.1) is 0 Å². The number of thiocarbonyl (C=S) groups is 1. The van der Waals surface area contributed by atoms with E-state index in [4.69, 9.17) is 21.7 Å². The predicted molar refractivity (Wildman–Crippen MR) is 91.5 cm³/mol. The van der Waals surface area contributed by atoms with Gasteiger partial charge in [-0.05, 0) is 42.9 Å². The molecule has 2 rings (SSSR count). The van der Waals surface area contributed by atoms with E-state index in [1.54, 1.807) is 19.4 Å². The molecule has 0 radical (unpaired) electrons. The van der Waals surface area contributed by atoms with Crippen LogP contribution in [0.15, 0.2) is 42.6 Å². The summed E-state index contributed by atoms with van der Waals surface area (Å²) >= 11 is 5.27. The van der Waals surface area contributed by atoms with E-state index < -0.39 is 0 Å². The van der Waals surface area contributed by atoms with Gasteiger partial charge < -0.3 is 20.1 Å². The van der Waals surface area contributed by atoms with Gasteiger partial charge in [-0.2, -0.15) is 0 Å². The highest BCUT2D eigenvalue weighted by molar-refractivity contribution is 7.80. The zero-order valence-electron chi connectivity index (χ0n) is 12.6. The number of nitrogens with zero attached hydrogens (tertiary/aromatic N) is 1. The maximum atomic E-state index is 5.47. The largest absolute Gasteiger partial charge is 0.494 e. The van der Waals surface area contributed by atoms with Crippen LogP contribution in [0.2, 0.25) is 0 Å². The molecule has 0 saturated carbocycles. The van der Waals surface area contributed by atoms with E-state index in [1.165, 1.54) is 0 Å². The van der Waals surface area contributed by atoms with Crippen molar-refractivity contribution in [1.29, 1.82) is 0 Å². The fourth-order valence-electron chi connectivity index (χ4n) is 1.84. The molecule has 0 fully saturated rings. The number of aromatic nitrogens is 1. The number of hydrogen-bond donors (Lipinski definition) is 2. The molecule has 0 unspecified atom stereocenters. The second-order valence-electron chi connectivity index (χ2n) is 4.48. The highest BCUT2D eigenvalue weighted by atomic mass is 32.1. The Hall–Kier alpha value is -2.34. The molecule has 1 aromatic carbocycles. The number of ether oxygens (including phenoxy) is 2. The molecule has 2 aromatic rings. The van der Waals surface area contributed by atoms with Gasteiger partial charge in [-0.1, -0.05) is 12.1 Å². The van der Waals surface area contributed by atoms with Gasteiger partial charge in [0.15, 0.2) is 5.11 Å². The first kappa shape index (κ1) is 16.0. The highest BCUT2D eigenvalue weighted by Crippen LogP contribution is 2.13. The molecular formula is C16H19N3O2S.